The van der Waals surface area contributed by atoms with Crippen LogP contribution in [0.15, 0.2) is 82.6 Å². The number of carbonyl (C=O) groups is 1. The molecule has 7 nitrogen and oxygen atoms in total. The molecule has 1 aliphatic rings. The van der Waals surface area contributed by atoms with Gasteiger partial charge in [-0.3, -0.25) is 9.52 Å². The molecular formula is C25H26N2O5S2. The molecule has 0 spiro atoms. The maximum atomic E-state index is 13.0. The molecule has 9 heteroatoms. The van der Waals surface area contributed by atoms with Crippen LogP contribution >= 0.6 is 11.8 Å². The fraction of sp³-hybridized carbons (Fsp3) is 0.240. The Labute approximate surface area is 204 Å². The van der Waals surface area contributed by atoms with Crippen molar-refractivity contribution in [1.82, 2.24) is 4.90 Å². The van der Waals surface area contributed by atoms with Gasteiger partial charge in [0.05, 0.1) is 30.8 Å². The number of hydrogen-bond acceptors (Lipinski definition) is 6. The Balaban J connectivity index is 1.47. The number of nitrogens with one attached hydrogen (secondary N) is 1. The Morgan fingerprint density at radius 3 is 2.41 bits per heavy atom. The summed E-state index contributed by atoms with van der Waals surface area (Å²) in [5.41, 5.74) is 1.74. The van der Waals surface area contributed by atoms with E-state index in [-0.39, 0.29) is 16.4 Å². The van der Waals surface area contributed by atoms with Gasteiger partial charge in [-0.2, -0.15) is 0 Å². The summed E-state index contributed by atoms with van der Waals surface area (Å²) < 4.78 is 39.3. The van der Waals surface area contributed by atoms with E-state index >= 15 is 0 Å². The molecule has 1 aliphatic heterocycles. The predicted molar refractivity (Wildman–Crippen MR) is 133 cm³/mol. The first kappa shape index (κ1) is 24.1. The molecule has 0 bridgehead atoms. The maximum absolute atomic E-state index is 13.0. The zero-order chi connectivity index (χ0) is 24.0. The van der Waals surface area contributed by atoms with Crippen LogP contribution in [0.2, 0.25) is 0 Å². The molecule has 0 unspecified atom stereocenters. The monoisotopic (exact) mass is 498 g/mol. The standard InChI is InChI=1S/C25H26N2O5S2/c1-31-24-12-11-22(17-23(24)25(28)27-13-15-32-16-14-27)34(29,30)26-20-9-7-19(8-10-20)18-33-21-5-3-2-4-6-21/h2-12,17,26H,13-16,18H2,1H3. The Morgan fingerprint density at radius 2 is 1.74 bits per heavy atom. The molecule has 3 aromatic carbocycles. The third-order valence-corrected chi connectivity index (χ3v) is 7.83. The highest BCUT2D eigenvalue weighted by Crippen LogP contribution is 2.27. The minimum atomic E-state index is -3.90. The third kappa shape index (κ3) is 5.91. The molecule has 0 aliphatic carbocycles. The van der Waals surface area contributed by atoms with Gasteiger partial charge in [-0.15, -0.1) is 11.8 Å². The maximum Gasteiger partial charge on any atom is 0.261 e. The van der Waals surface area contributed by atoms with Crippen molar-refractivity contribution in [3.63, 3.8) is 0 Å². The summed E-state index contributed by atoms with van der Waals surface area (Å²) in [7, 11) is -2.45. The largest absolute Gasteiger partial charge is 0.496 e. The molecule has 1 heterocycles. The Bertz CT molecular complexity index is 1230. The number of morpholine rings is 1. The minimum absolute atomic E-state index is 0.00591. The van der Waals surface area contributed by atoms with Gasteiger partial charge in [0, 0.05) is 29.4 Å². The average Bonchev–Trinajstić information content (AvgIpc) is 2.88. The number of sulfonamides is 1. The highest BCUT2D eigenvalue weighted by Gasteiger charge is 2.24. The molecule has 34 heavy (non-hydrogen) atoms. The van der Waals surface area contributed by atoms with Crippen molar-refractivity contribution in [2.75, 3.05) is 38.1 Å². The number of methoxy groups -OCH3 is 1. The van der Waals surface area contributed by atoms with Gasteiger partial charge in [-0.25, -0.2) is 8.42 Å². The van der Waals surface area contributed by atoms with Crippen LogP contribution in [0.25, 0.3) is 0 Å². The van der Waals surface area contributed by atoms with Crippen molar-refractivity contribution < 1.29 is 22.7 Å². The summed E-state index contributed by atoms with van der Waals surface area (Å²) in [6, 6.07) is 21.7. The minimum Gasteiger partial charge on any atom is -0.496 e. The average molecular weight is 499 g/mol. The Morgan fingerprint density at radius 1 is 1.03 bits per heavy atom. The topological polar surface area (TPSA) is 84.9 Å². The third-order valence-electron chi connectivity index (χ3n) is 5.36. The summed E-state index contributed by atoms with van der Waals surface area (Å²) in [4.78, 5) is 15.8. The van der Waals surface area contributed by atoms with E-state index in [0.29, 0.717) is 37.7 Å². The van der Waals surface area contributed by atoms with Crippen LogP contribution in [0.3, 0.4) is 0 Å². The molecule has 1 amide bonds. The highest BCUT2D eigenvalue weighted by atomic mass is 32.2. The predicted octanol–water partition coefficient (Wildman–Crippen LogP) is 4.26. The molecule has 4 rings (SSSR count). The molecule has 0 aromatic heterocycles. The molecule has 0 saturated carbocycles. The van der Waals surface area contributed by atoms with E-state index in [1.54, 1.807) is 28.8 Å². The van der Waals surface area contributed by atoms with E-state index in [0.717, 1.165) is 11.3 Å². The second-order valence-electron chi connectivity index (χ2n) is 7.67. The number of amides is 1. The zero-order valence-corrected chi connectivity index (χ0v) is 20.4. The summed E-state index contributed by atoms with van der Waals surface area (Å²) in [5, 5.41) is 0. The lowest BCUT2D eigenvalue weighted by Crippen LogP contribution is -2.40. The van der Waals surface area contributed by atoms with Crippen LogP contribution in [0, 0.1) is 0 Å². The summed E-state index contributed by atoms with van der Waals surface area (Å²) in [5.74, 6) is 0.830. The summed E-state index contributed by atoms with van der Waals surface area (Å²) in [6.45, 7) is 1.80. The van der Waals surface area contributed by atoms with Gasteiger partial charge in [0.15, 0.2) is 0 Å². The molecule has 1 N–H and O–H groups in total. The molecular weight excluding hydrogens is 472 g/mol. The SMILES string of the molecule is COc1ccc(S(=O)(=O)Nc2ccc(CSc3ccccc3)cc2)cc1C(=O)N1CCOCC1. The van der Waals surface area contributed by atoms with Crippen molar-refractivity contribution in [2.45, 2.75) is 15.5 Å². The summed E-state index contributed by atoms with van der Waals surface area (Å²) in [6.07, 6.45) is 0. The van der Waals surface area contributed by atoms with E-state index in [1.165, 1.54) is 30.2 Å². The van der Waals surface area contributed by atoms with Crippen LogP contribution < -0.4 is 9.46 Å². The lowest BCUT2D eigenvalue weighted by Gasteiger charge is -2.27. The van der Waals surface area contributed by atoms with E-state index in [9.17, 15) is 13.2 Å². The van der Waals surface area contributed by atoms with Crippen molar-refractivity contribution in [1.29, 1.82) is 0 Å². The lowest BCUT2D eigenvalue weighted by molar-refractivity contribution is 0.0300. The molecule has 1 fully saturated rings. The number of thioether (sulfide) groups is 1. The number of hydrogen-bond donors (Lipinski definition) is 1. The molecule has 0 radical (unpaired) electrons. The zero-order valence-electron chi connectivity index (χ0n) is 18.8. The van der Waals surface area contributed by atoms with Crippen LogP contribution in [0.1, 0.15) is 15.9 Å². The fourth-order valence-electron chi connectivity index (χ4n) is 3.52. The Hall–Kier alpha value is -3.01. The molecule has 178 valence electrons. The lowest BCUT2D eigenvalue weighted by atomic mass is 10.1. The molecule has 3 aromatic rings. The second kappa shape index (κ2) is 10.9. The van der Waals surface area contributed by atoms with Gasteiger partial charge in [-0.1, -0.05) is 30.3 Å². The molecule has 1 saturated heterocycles. The number of rotatable bonds is 8. The van der Waals surface area contributed by atoms with Crippen molar-refractivity contribution >= 4 is 33.4 Å². The van der Waals surface area contributed by atoms with Gasteiger partial charge in [0.2, 0.25) is 0 Å². The quantitative estimate of drug-likeness (QED) is 0.467. The highest BCUT2D eigenvalue weighted by molar-refractivity contribution is 7.98. The first-order valence-corrected chi connectivity index (χ1v) is 13.3. The number of ether oxygens (including phenoxy) is 2. The first-order valence-electron chi connectivity index (χ1n) is 10.8. The van der Waals surface area contributed by atoms with Crippen LogP contribution in [-0.2, 0) is 20.5 Å². The van der Waals surface area contributed by atoms with Crippen molar-refractivity contribution in [2.24, 2.45) is 0 Å². The van der Waals surface area contributed by atoms with E-state index < -0.39 is 10.0 Å². The van der Waals surface area contributed by atoms with Crippen LogP contribution in [-0.4, -0.2) is 52.6 Å². The van der Waals surface area contributed by atoms with Crippen molar-refractivity contribution in [3.05, 3.63) is 83.9 Å². The number of benzene rings is 3. The van der Waals surface area contributed by atoms with Crippen molar-refractivity contribution in [3.8, 4) is 5.75 Å². The number of anilines is 1. The fourth-order valence-corrected chi connectivity index (χ4v) is 5.48. The second-order valence-corrected chi connectivity index (χ2v) is 10.4. The smallest absolute Gasteiger partial charge is 0.261 e. The van der Waals surface area contributed by atoms with Gasteiger partial charge >= 0.3 is 0 Å². The normalized spacial score (nSPS) is 14.0. The Kier molecular flexibility index (Phi) is 7.77. The van der Waals surface area contributed by atoms with E-state index in [1.807, 2.05) is 30.3 Å². The number of carbonyl (C=O) groups excluding carboxylic acids is 1. The van der Waals surface area contributed by atoms with Crippen LogP contribution in [0.5, 0.6) is 5.75 Å². The first-order chi connectivity index (χ1) is 16.5. The molecule has 0 atom stereocenters. The van der Waals surface area contributed by atoms with Gasteiger partial charge in [-0.05, 0) is 48.0 Å². The van der Waals surface area contributed by atoms with E-state index in [4.69, 9.17) is 9.47 Å². The van der Waals surface area contributed by atoms with Gasteiger partial charge in [0.1, 0.15) is 5.75 Å². The summed E-state index contributed by atoms with van der Waals surface area (Å²) >= 11 is 1.71. The van der Waals surface area contributed by atoms with E-state index in [2.05, 4.69) is 16.9 Å². The number of nitrogens with zero attached hydrogens (tertiary/aromatic N) is 1. The van der Waals surface area contributed by atoms with Gasteiger partial charge < -0.3 is 14.4 Å². The van der Waals surface area contributed by atoms with Crippen LogP contribution in [0.4, 0.5) is 5.69 Å². The van der Waals surface area contributed by atoms with Gasteiger partial charge in [0.25, 0.3) is 15.9 Å².